The van der Waals surface area contributed by atoms with E-state index < -0.39 is 60.4 Å². The van der Waals surface area contributed by atoms with Gasteiger partial charge in [0.15, 0.2) is 0 Å². The van der Waals surface area contributed by atoms with Gasteiger partial charge in [-0.2, -0.15) is 41.4 Å². The predicted octanol–water partition coefficient (Wildman–Crippen LogP) is 17.4. The number of fused-ring (bicyclic) bond motifs is 4. The van der Waals surface area contributed by atoms with E-state index in [0.717, 1.165) is 88.1 Å². The fraction of sp³-hybridized carbons (Fsp3) is 0.273. The number of hydrogen-bond acceptors (Lipinski definition) is 28. The van der Waals surface area contributed by atoms with E-state index >= 15 is 0 Å². The molecular formula is C110H104Cl4N20O14. The number of nitrogens with one attached hydrogen (secondary N) is 4. The molecule has 0 amide bonds. The van der Waals surface area contributed by atoms with Crippen LogP contribution in [0.2, 0.25) is 20.1 Å². The number of pyridine rings is 4. The molecule has 0 saturated carbocycles. The Hall–Kier alpha value is -15.6. The molecule has 0 fully saturated rings. The van der Waals surface area contributed by atoms with Crippen molar-refractivity contribution in [3.05, 3.63) is 329 Å². The second kappa shape index (κ2) is 48.6. The van der Waals surface area contributed by atoms with Gasteiger partial charge in [-0.1, -0.05) is 102 Å². The number of hydrogen-bond donors (Lipinski definition) is 8. The number of aliphatic hydroxyl groups is 2. The third-order valence-corrected chi connectivity index (χ3v) is 25.6. The first-order valence-corrected chi connectivity index (χ1v) is 48.7. The van der Waals surface area contributed by atoms with Crippen LogP contribution in [0.4, 0.5) is 0 Å². The van der Waals surface area contributed by atoms with Gasteiger partial charge in [0.05, 0.1) is 127 Å². The Labute approximate surface area is 871 Å². The molecule has 34 nitrogen and oxygen atoms in total. The number of carbonyl (C=O) groups excluding carboxylic acids is 2. The van der Waals surface area contributed by atoms with Gasteiger partial charge in [-0.15, -0.1) is 0 Å². The zero-order chi connectivity index (χ0) is 105. The van der Waals surface area contributed by atoms with Crippen molar-refractivity contribution in [2.24, 2.45) is 0 Å². The number of halogens is 4. The van der Waals surface area contributed by atoms with Crippen LogP contribution in [-0.4, -0.2) is 158 Å². The number of rotatable bonds is 43. The third kappa shape index (κ3) is 26.8. The first-order chi connectivity index (χ1) is 71.2. The molecule has 4 atom stereocenters. The van der Waals surface area contributed by atoms with Crippen molar-refractivity contribution in [1.82, 2.24) is 80.3 Å². The average Bonchev–Trinajstić information content (AvgIpc) is 1.60. The largest absolute Gasteiger partial charge is 0.489 e. The fourth-order valence-corrected chi connectivity index (χ4v) is 17.6. The van der Waals surface area contributed by atoms with Crippen LogP contribution in [0.25, 0.3) is 65.9 Å². The monoisotopic (exact) mass is 2070 g/mol. The molecule has 0 spiro atoms. The molecule has 148 heavy (non-hydrogen) atoms. The number of esters is 1. The molecule has 0 aliphatic rings. The molecule has 0 saturated heterocycles. The summed E-state index contributed by atoms with van der Waals surface area (Å²) in [5.74, 6) is -0.935. The van der Waals surface area contributed by atoms with Crippen LogP contribution < -0.4 is 40.2 Å². The quantitative estimate of drug-likeness (QED) is 0.0165. The second-order valence-corrected chi connectivity index (χ2v) is 38.7. The minimum absolute atomic E-state index is 0.0210. The summed E-state index contributed by atoms with van der Waals surface area (Å²) in [7, 11) is 0. The topological polar surface area (TPSA) is 471 Å². The number of aliphatic hydroxyl groups excluding tert-OH is 2. The van der Waals surface area contributed by atoms with Crippen LogP contribution in [0.3, 0.4) is 0 Å². The van der Waals surface area contributed by atoms with Crippen LogP contribution in [0, 0.1) is 45.3 Å². The molecule has 8 N–H and O–H groups in total. The Morgan fingerprint density at radius 3 is 0.878 bits per heavy atom. The Morgan fingerprint density at radius 2 is 0.642 bits per heavy atom. The van der Waals surface area contributed by atoms with Crippen LogP contribution in [0.1, 0.15) is 151 Å². The van der Waals surface area contributed by atoms with Gasteiger partial charge in [0, 0.05) is 162 Å². The summed E-state index contributed by atoms with van der Waals surface area (Å²) in [6, 6.07) is 50.0. The number of ether oxygens (including phenoxy) is 6. The lowest BCUT2D eigenvalue weighted by molar-refractivity contribution is -0.160. The van der Waals surface area contributed by atoms with Crippen molar-refractivity contribution >= 4 is 114 Å². The van der Waals surface area contributed by atoms with Crippen molar-refractivity contribution < 1.29 is 68.0 Å². The lowest BCUT2D eigenvalue weighted by Gasteiger charge is -2.27. The number of carboxylic acids is 2. The molecule has 756 valence electrons. The fourth-order valence-electron chi connectivity index (χ4n) is 16.7. The number of carbonyl (C=O) groups is 4. The van der Waals surface area contributed by atoms with Gasteiger partial charge in [-0.3, -0.25) is 73.8 Å². The molecule has 0 aliphatic heterocycles. The van der Waals surface area contributed by atoms with E-state index in [1.807, 2.05) is 165 Å². The molecule has 8 aromatic heterocycles. The maximum absolute atomic E-state index is 13.5. The average molecular weight is 2070 g/mol. The smallest absolute Gasteiger partial charge is 0.326 e. The third-order valence-electron chi connectivity index (χ3n) is 24.2. The van der Waals surface area contributed by atoms with E-state index in [1.54, 1.807) is 92.6 Å². The number of carboxylic acid groups (broad SMARTS) is 2. The first-order valence-electron chi connectivity index (χ1n) is 47.2. The predicted molar refractivity (Wildman–Crippen MR) is 557 cm³/mol. The van der Waals surface area contributed by atoms with Crippen molar-refractivity contribution in [2.75, 3.05) is 19.8 Å². The maximum Gasteiger partial charge on any atom is 0.326 e. The summed E-state index contributed by atoms with van der Waals surface area (Å²) in [6.07, 6.45) is 20.3. The van der Waals surface area contributed by atoms with Gasteiger partial charge in [-0.25, -0.2) is 0 Å². The SMILES string of the molecule is CC[C@H](NCc1cc(Cl)c(Cn2ncc3c(-c4cccc5c4cnn5Cc4cc(OCc5cncc(C#N)c5)c(CN[C@@H](COC(C)(C)C)C(=O)OC(C)(C)C)cc4Cl)cccc32)cc1OCc1cncc(C#N)c1)C(C)=O.N#Cc1cncc(COc2cc(Cn3ncc4c(-c5cccc6c5cnn6Cc5cc(OCc6cncc(C#N)c6)c(CN[C@@H](CO)C(=O)O)cc5Cl)cccc43)c(Cl)cc2CN[C@@H](CO)C(=O)O)c1. The van der Waals surface area contributed by atoms with Crippen molar-refractivity contribution in [3.63, 3.8) is 0 Å². The number of ketones is 1. The summed E-state index contributed by atoms with van der Waals surface area (Å²) >= 11 is 28.0. The molecule has 8 aromatic carbocycles. The number of nitrogens with zero attached hydrogens (tertiary/aromatic N) is 16. The highest BCUT2D eigenvalue weighted by molar-refractivity contribution is 6.32. The van der Waals surface area contributed by atoms with E-state index in [2.05, 4.69) is 77.6 Å². The zero-order valence-electron chi connectivity index (χ0n) is 81.9. The minimum atomic E-state index is -1.22. The summed E-state index contributed by atoms with van der Waals surface area (Å²) < 4.78 is 44.6. The Morgan fingerprint density at radius 1 is 0.372 bits per heavy atom. The number of aromatic nitrogens is 12. The molecule has 0 radical (unpaired) electrons. The molecule has 8 heterocycles. The molecule has 0 bridgehead atoms. The lowest BCUT2D eigenvalue weighted by Crippen LogP contribution is -2.45. The highest BCUT2D eigenvalue weighted by Gasteiger charge is 2.31. The van der Waals surface area contributed by atoms with Crippen LogP contribution >= 0.6 is 46.4 Å². The van der Waals surface area contributed by atoms with Crippen molar-refractivity contribution in [1.29, 1.82) is 21.0 Å². The highest BCUT2D eigenvalue weighted by atomic mass is 35.5. The van der Waals surface area contributed by atoms with Gasteiger partial charge in [0.1, 0.15) is 103 Å². The van der Waals surface area contributed by atoms with E-state index in [9.17, 15) is 60.7 Å². The van der Waals surface area contributed by atoms with Gasteiger partial charge < -0.3 is 54.2 Å². The van der Waals surface area contributed by atoms with Gasteiger partial charge in [0.25, 0.3) is 0 Å². The highest BCUT2D eigenvalue weighted by Crippen LogP contribution is 2.41. The zero-order valence-corrected chi connectivity index (χ0v) is 85.0. The molecular weight excluding hydrogens is 1970 g/mol. The number of benzene rings is 8. The summed E-state index contributed by atoms with van der Waals surface area (Å²) in [6.45, 7) is 15.7. The minimum Gasteiger partial charge on any atom is -0.489 e. The molecule has 0 unspecified atom stereocenters. The molecule has 38 heteroatoms. The first kappa shape index (κ1) is 107. The number of Topliss-reactive ketones (excluding diaryl/α,β-unsaturated/α-hetero) is 1. The Kier molecular flexibility index (Phi) is 35.0. The van der Waals surface area contributed by atoms with Gasteiger partial charge >= 0.3 is 17.9 Å². The lowest BCUT2D eigenvalue weighted by atomic mass is 9.99. The molecule has 16 aromatic rings. The normalized spacial score (nSPS) is 12.3. The Bertz CT molecular complexity index is 7580. The number of nitriles is 4. The summed E-state index contributed by atoms with van der Waals surface area (Å²) in [5.41, 5.74) is 15.6. The van der Waals surface area contributed by atoms with Crippen LogP contribution in [-0.2, 0) is 107 Å². The van der Waals surface area contributed by atoms with Crippen molar-refractivity contribution in [2.45, 2.75) is 176 Å². The van der Waals surface area contributed by atoms with E-state index in [0.29, 0.717) is 136 Å². The van der Waals surface area contributed by atoms with Gasteiger partial charge in [-0.05, 0) is 196 Å². The number of aliphatic carboxylic acids is 2. The van der Waals surface area contributed by atoms with Crippen LogP contribution in [0.5, 0.6) is 23.0 Å². The Balaban J connectivity index is 0.000000223. The van der Waals surface area contributed by atoms with E-state index in [1.165, 1.54) is 24.8 Å². The van der Waals surface area contributed by atoms with Crippen LogP contribution in [0.15, 0.2) is 220 Å². The second-order valence-electron chi connectivity index (χ2n) is 37.0. The summed E-state index contributed by atoms with van der Waals surface area (Å²) in [5, 5.41) is 113. The maximum atomic E-state index is 13.5. The van der Waals surface area contributed by atoms with E-state index in [4.69, 9.17) is 95.2 Å². The summed E-state index contributed by atoms with van der Waals surface area (Å²) in [4.78, 5) is 65.7. The molecule has 0 aliphatic carbocycles. The standard InChI is InChI=1S/C60H62Cl2N10O6.C50H42Cl2N10O8/c1-9-52(37(2)73)67-28-42-18-50(61)44(20-56(42)75-34-40-16-38(22-63)24-65-26-40)32-71-54-14-10-12-46(48(54)30-69-71)47-13-11-15-55-49(47)31-70-72(55)33-45-21-57(76-35-41-17-39(23-64)25-66-27-41)43(19-51(45)62)29-68-53(36-77-59(3,4)5)58(74)78-60(6,7)8;51-41-9-33(19-57-43(25-63)49(65)66)47(69-27-31-7-29(13-53)15-55-17-31)11-35(41)23-61-45-5-1-3-37(39(45)21-59-61)38-4-2-6-46-40(38)22-60-62(46)24-36-12-48(70-28-32-8-30(14-54)16-56-18-32)34(10-42(36)52)20-58-44(26-64)50(67)68/h10-21,24-27,30-31,52-53,67-68H,9,28-29,32-36H2,1-8H3;1-12,15-18,21-22,43-44,57-58,63-64H,19-20,23-28H2,(H,65,66)(H,67,68)/t52-,53-;43-,44-/m00/s1. The van der Waals surface area contributed by atoms with E-state index in [-0.39, 0.29) is 77.6 Å². The molecule has 16 rings (SSSR count). The van der Waals surface area contributed by atoms with Crippen molar-refractivity contribution in [3.8, 4) is 69.5 Å². The van der Waals surface area contributed by atoms with Gasteiger partial charge in [0.2, 0.25) is 0 Å².